The first-order valence-electron chi connectivity index (χ1n) is 8.46. The number of methoxy groups -OCH3 is 2. The van der Waals surface area contributed by atoms with E-state index < -0.39 is 0 Å². The van der Waals surface area contributed by atoms with Crippen LogP contribution in [0, 0.1) is 0 Å². The van der Waals surface area contributed by atoms with Crippen LogP contribution in [0.3, 0.4) is 0 Å². The summed E-state index contributed by atoms with van der Waals surface area (Å²) in [6.45, 7) is 0.607. The van der Waals surface area contributed by atoms with Crippen LogP contribution in [0.25, 0.3) is 0 Å². The predicted octanol–water partition coefficient (Wildman–Crippen LogP) is 4.59. The van der Waals surface area contributed by atoms with Gasteiger partial charge in [-0.3, -0.25) is 0 Å². The number of hydrogen-bond donors (Lipinski definition) is 2. The maximum absolute atomic E-state index is 6.02. The van der Waals surface area contributed by atoms with Crippen molar-refractivity contribution in [2.75, 3.05) is 31.4 Å². The highest BCUT2D eigenvalue weighted by atomic mass is 35.5. The van der Waals surface area contributed by atoms with E-state index in [1.54, 1.807) is 26.4 Å². The third kappa shape index (κ3) is 5.37. The van der Waals surface area contributed by atoms with E-state index >= 15 is 0 Å². The van der Waals surface area contributed by atoms with Gasteiger partial charge < -0.3 is 20.1 Å². The van der Waals surface area contributed by atoms with Gasteiger partial charge in [0.25, 0.3) is 0 Å². The second-order valence-electron chi connectivity index (χ2n) is 5.75. The number of nitrogens with zero attached hydrogens (tertiary/aromatic N) is 3. The van der Waals surface area contributed by atoms with Gasteiger partial charge in [0.2, 0.25) is 17.2 Å². The van der Waals surface area contributed by atoms with Gasteiger partial charge in [-0.1, -0.05) is 17.7 Å². The molecule has 1 heterocycles. The molecule has 0 saturated heterocycles. The topological polar surface area (TPSA) is 81.2 Å². The van der Waals surface area contributed by atoms with Gasteiger partial charge in [0, 0.05) is 17.3 Å². The van der Waals surface area contributed by atoms with E-state index in [9.17, 15) is 0 Å². The zero-order valence-corrected chi connectivity index (χ0v) is 16.9. The van der Waals surface area contributed by atoms with Crippen LogP contribution < -0.4 is 20.1 Å². The van der Waals surface area contributed by atoms with Gasteiger partial charge in [-0.2, -0.15) is 15.0 Å². The summed E-state index contributed by atoms with van der Waals surface area (Å²) in [5.74, 6) is 2.12. The Bertz CT molecular complexity index is 938. The van der Waals surface area contributed by atoms with Crippen LogP contribution in [0.5, 0.6) is 11.5 Å². The summed E-state index contributed by atoms with van der Waals surface area (Å²) in [4.78, 5) is 12.5. The molecule has 0 bridgehead atoms. The van der Waals surface area contributed by atoms with Crippen molar-refractivity contribution in [3.05, 3.63) is 58.3 Å². The van der Waals surface area contributed by atoms with E-state index in [0.717, 1.165) is 17.7 Å². The fraction of sp³-hybridized carbons (Fsp3) is 0.211. The molecule has 0 atom stereocenters. The van der Waals surface area contributed by atoms with Crippen molar-refractivity contribution in [3.8, 4) is 11.5 Å². The van der Waals surface area contributed by atoms with Gasteiger partial charge in [0.15, 0.2) is 11.5 Å². The van der Waals surface area contributed by atoms with Crippen molar-refractivity contribution in [1.29, 1.82) is 0 Å². The first kappa shape index (κ1) is 20.0. The van der Waals surface area contributed by atoms with Gasteiger partial charge in [-0.05, 0) is 60.0 Å². The number of nitrogens with one attached hydrogen (secondary N) is 2. The molecule has 0 fully saturated rings. The predicted molar refractivity (Wildman–Crippen MR) is 111 cm³/mol. The van der Waals surface area contributed by atoms with Crippen LogP contribution in [0.1, 0.15) is 5.56 Å². The molecule has 0 spiro atoms. The molecule has 2 aromatic carbocycles. The minimum absolute atomic E-state index is 0.0973. The molecule has 0 aliphatic rings. The highest BCUT2D eigenvalue weighted by Gasteiger charge is 2.07. The van der Waals surface area contributed by atoms with E-state index in [1.165, 1.54) is 0 Å². The number of rotatable bonds is 8. The van der Waals surface area contributed by atoms with Crippen LogP contribution in [-0.2, 0) is 6.42 Å². The van der Waals surface area contributed by atoms with Crippen LogP contribution in [-0.4, -0.2) is 35.7 Å². The fourth-order valence-corrected chi connectivity index (χ4v) is 2.79. The Balaban J connectivity index is 1.63. The zero-order valence-electron chi connectivity index (χ0n) is 15.4. The largest absolute Gasteiger partial charge is 0.493 e. The smallest absolute Gasteiger partial charge is 0.233 e. The molecule has 0 radical (unpaired) electrons. The molecule has 0 amide bonds. The van der Waals surface area contributed by atoms with E-state index in [4.69, 9.17) is 32.7 Å². The lowest BCUT2D eigenvalue weighted by Crippen LogP contribution is -2.10. The van der Waals surface area contributed by atoms with Gasteiger partial charge in [0.1, 0.15) is 0 Å². The summed E-state index contributed by atoms with van der Waals surface area (Å²) in [5, 5.41) is 6.98. The Morgan fingerprint density at radius 2 is 1.57 bits per heavy atom. The first-order valence-corrected chi connectivity index (χ1v) is 9.22. The molecule has 0 aliphatic carbocycles. The van der Waals surface area contributed by atoms with E-state index in [2.05, 4.69) is 25.6 Å². The van der Waals surface area contributed by atoms with Crippen molar-refractivity contribution in [2.24, 2.45) is 0 Å². The second kappa shape index (κ2) is 9.43. The minimum atomic E-state index is 0.0973. The summed E-state index contributed by atoms with van der Waals surface area (Å²) >= 11 is 11.9. The molecule has 7 nitrogen and oxygen atoms in total. The van der Waals surface area contributed by atoms with Gasteiger partial charge >= 0.3 is 0 Å². The lowest BCUT2D eigenvalue weighted by Gasteiger charge is -2.11. The van der Waals surface area contributed by atoms with Gasteiger partial charge in [-0.25, -0.2) is 0 Å². The van der Waals surface area contributed by atoms with Gasteiger partial charge in [-0.15, -0.1) is 0 Å². The number of anilines is 3. The minimum Gasteiger partial charge on any atom is -0.493 e. The van der Waals surface area contributed by atoms with Crippen molar-refractivity contribution < 1.29 is 9.47 Å². The first-order chi connectivity index (χ1) is 13.6. The maximum Gasteiger partial charge on any atom is 0.233 e. The lowest BCUT2D eigenvalue weighted by molar-refractivity contribution is 0.354. The summed E-state index contributed by atoms with van der Waals surface area (Å²) in [6.07, 6.45) is 0.740. The monoisotopic (exact) mass is 419 g/mol. The molecule has 0 aliphatic heterocycles. The summed E-state index contributed by atoms with van der Waals surface area (Å²) in [5.41, 5.74) is 1.88. The number of aromatic nitrogens is 3. The molecular weight excluding hydrogens is 401 g/mol. The Hall–Kier alpha value is -2.77. The fourth-order valence-electron chi connectivity index (χ4n) is 2.50. The van der Waals surface area contributed by atoms with Crippen molar-refractivity contribution in [2.45, 2.75) is 6.42 Å². The third-order valence-corrected chi connectivity index (χ3v) is 4.27. The Labute approximate surface area is 173 Å². The molecule has 0 unspecified atom stereocenters. The highest BCUT2D eigenvalue weighted by Crippen LogP contribution is 2.27. The third-order valence-electron chi connectivity index (χ3n) is 3.85. The molecule has 146 valence electrons. The molecular formula is C19H19Cl2N5O2. The van der Waals surface area contributed by atoms with Crippen molar-refractivity contribution in [3.63, 3.8) is 0 Å². The molecule has 28 heavy (non-hydrogen) atoms. The number of benzene rings is 2. The second-order valence-corrected chi connectivity index (χ2v) is 6.52. The van der Waals surface area contributed by atoms with Crippen LogP contribution in [0.4, 0.5) is 17.6 Å². The van der Waals surface area contributed by atoms with Crippen LogP contribution in [0.15, 0.2) is 42.5 Å². The summed E-state index contributed by atoms with van der Waals surface area (Å²) in [7, 11) is 3.22. The SMILES string of the molecule is COc1ccc(CCNc2nc(Cl)nc(Nc3ccc(Cl)cc3)n2)cc1OC. The summed E-state index contributed by atoms with van der Waals surface area (Å²) in [6, 6.07) is 13.0. The van der Waals surface area contributed by atoms with Crippen molar-refractivity contribution >= 4 is 40.8 Å². The highest BCUT2D eigenvalue weighted by molar-refractivity contribution is 6.30. The van der Waals surface area contributed by atoms with Crippen LogP contribution >= 0.6 is 23.2 Å². The molecule has 0 saturated carbocycles. The van der Waals surface area contributed by atoms with Crippen LogP contribution in [0.2, 0.25) is 10.3 Å². The average Bonchev–Trinajstić information content (AvgIpc) is 2.69. The zero-order chi connectivity index (χ0) is 19.9. The average molecular weight is 420 g/mol. The Morgan fingerprint density at radius 1 is 0.857 bits per heavy atom. The van der Waals surface area contributed by atoms with E-state index in [1.807, 2.05) is 30.3 Å². The lowest BCUT2D eigenvalue weighted by atomic mass is 10.1. The number of halogens is 2. The number of hydrogen-bond acceptors (Lipinski definition) is 7. The quantitative estimate of drug-likeness (QED) is 0.552. The Morgan fingerprint density at radius 3 is 2.29 bits per heavy atom. The maximum atomic E-state index is 6.02. The van der Waals surface area contributed by atoms with Crippen molar-refractivity contribution in [1.82, 2.24) is 15.0 Å². The van der Waals surface area contributed by atoms with Gasteiger partial charge in [0.05, 0.1) is 14.2 Å². The molecule has 1 aromatic heterocycles. The molecule has 2 N–H and O–H groups in total. The van der Waals surface area contributed by atoms with E-state index in [-0.39, 0.29) is 5.28 Å². The molecule has 3 aromatic rings. The Kier molecular flexibility index (Phi) is 6.73. The van der Waals surface area contributed by atoms with E-state index in [0.29, 0.717) is 35.0 Å². The molecule has 9 heteroatoms. The normalized spacial score (nSPS) is 10.4. The summed E-state index contributed by atoms with van der Waals surface area (Å²) < 4.78 is 10.6. The number of ether oxygens (including phenoxy) is 2. The molecule has 3 rings (SSSR count). The standard InChI is InChI=1S/C19H19Cl2N5O2/c1-27-15-8-3-12(11-16(15)28-2)9-10-22-18-24-17(21)25-19(26-18)23-14-6-4-13(20)5-7-14/h3-8,11H,9-10H2,1-2H3,(H2,22,23,24,25,26).